The predicted octanol–water partition coefficient (Wildman–Crippen LogP) is 3.03. The smallest absolute Gasteiger partial charge is 0.161 e. The zero-order valence-corrected chi connectivity index (χ0v) is 12.4. The molecule has 2 aliphatic heterocycles. The fraction of sp³-hybridized carbons (Fsp3) is 0.684. The van der Waals surface area contributed by atoms with Gasteiger partial charge in [-0.15, -0.1) is 0 Å². The van der Waals surface area contributed by atoms with Crippen LogP contribution in [0.4, 0.5) is 0 Å². The molecule has 23 heavy (non-hydrogen) atoms. The molecule has 2 heterocycles. The van der Waals surface area contributed by atoms with Crippen LogP contribution in [-0.2, 0) is 6.42 Å². The molecule has 0 amide bonds. The monoisotopic (exact) mass is 336 g/mol. The molecule has 4 heteroatoms. The summed E-state index contributed by atoms with van der Waals surface area (Å²) >= 11 is 0. The van der Waals surface area contributed by atoms with Gasteiger partial charge in [0.25, 0.3) is 0 Å². The second-order valence-corrected chi connectivity index (χ2v) is 5.39. The molecule has 0 aliphatic carbocycles. The first kappa shape index (κ1) is 5.63. The van der Waals surface area contributed by atoms with E-state index < -0.39 is 82.1 Å². The summed E-state index contributed by atoms with van der Waals surface area (Å²) in [7, 11) is -6.15. The molecular formula is C19H29NO3. The fourth-order valence-electron chi connectivity index (χ4n) is 2.83. The normalized spacial score (nSPS) is 50.8. The average molecular weight is 337 g/mol. The lowest BCUT2D eigenvalue weighted by atomic mass is 9.79. The van der Waals surface area contributed by atoms with E-state index in [4.69, 9.17) is 32.8 Å². The van der Waals surface area contributed by atoms with Crippen LogP contribution in [0.15, 0.2) is 12.1 Å². The van der Waals surface area contributed by atoms with Crippen LogP contribution in [0.1, 0.15) is 67.0 Å². The van der Waals surface area contributed by atoms with Crippen molar-refractivity contribution in [3.63, 3.8) is 0 Å². The molecular weight excluding hydrogens is 290 g/mol. The average Bonchev–Trinajstić information content (AvgIpc) is 2.73. The van der Waals surface area contributed by atoms with Gasteiger partial charge in [0.1, 0.15) is 0 Å². The summed E-state index contributed by atoms with van der Waals surface area (Å²) < 4.78 is 146. The predicted molar refractivity (Wildman–Crippen MR) is 91.1 cm³/mol. The van der Waals surface area contributed by atoms with Gasteiger partial charge in [-0.3, -0.25) is 4.90 Å². The number of hydrogen-bond acceptors (Lipinski definition) is 4. The van der Waals surface area contributed by atoms with Gasteiger partial charge in [-0.1, -0.05) is 13.8 Å². The van der Waals surface area contributed by atoms with Gasteiger partial charge in [-0.2, -0.15) is 0 Å². The van der Waals surface area contributed by atoms with Crippen molar-refractivity contribution in [1.29, 1.82) is 0 Å². The number of hydrogen-bond donors (Lipinski definition) is 1. The van der Waals surface area contributed by atoms with Crippen molar-refractivity contribution in [3.8, 4) is 11.5 Å². The topological polar surface area (TPSA) is 41.9 Å². The molecule has 1 unspecified atom stereocenters. The molecule has 0 radical (unpaired) electrons. The lowest BCUT2D eigenvalue weighted by Crippen LogP contribution is -2.48. The molecule has 0 spiro atoms. The Hall–Kier alpha value is -1.26. The molecule has 3 rings (SSSR count). The second kappa shape index (κ2) is 6.70. The minimum absolute atomic E-state index is 0.150. The molecule has 2 aliphatic rings. The maximum atomic E-state index is 11.2. The number of methoxy groups -OCH3 is 2. The summed E-state index contributed by atoms with van der Waals surface area (Å²) in [6.07, 6.45) is -9.77. The van der Waals surface area contributed by atoms with Crippen LogP contribution in [0, 0.1) is 11.8 Å². The molecule has 0 saturated carbocycles. The first-order chi connectivity index (χ1) is 17.5. The highest BCUT2D eigenvalue weighted by atomic mass is 16.5. The number of benzene rings is 1. The molecule has 1 saturated heterocycles. The Bertz CT molecular complexity index is 1140. The van der Waals surface area contributed by atoms with Crippen LogP contribution in [0.25, 0.3) is 0 Å². The minimum Gasteiger partial charge on any atom is -0.493 e. The van der Waals surface area contributed by atoms with Crippen molar-refractivity contribution in [2.24, 2.45) is 11.8 Å². The van der Waals surface area contributed by atoms with Gasteiger partial charge in [0.15, 0.2) is 11.5 Å². The summed E-state index contributed by atoms with van der Waals surface area (Å²) in [5, 5.41) is 11.2. The van der Waals surface area contributed by atoms with E-state index in [1.165, 1.54) is 0 Å². The fourth-order valence-corrected chi connectivity index (χ4v) is 2.83. The Morgan fingerprint density at radius 2 is 2.30 bits per heavy atom. The van der Waals surface area contributed by atoms with Crippen molar-refractivity contribution in [3.05, 3.63) is 23.3 Å². The summed E-state index contributed by atoms with van der Waals surface area (Å²) in [5.74, 6) is -7.90. The van der Waals surface area contributed by atoms with Crippen molar-refractivity contribution in [2.45, 2.75) is 45.1 Å². The quantitative estimate of drug-likeness (QED) is 0.918. The molecule has 0 aromatic heterocycles. The van der Waals surface area contributed by atoms with Gasteiger partial charge >= 0.3 is 0 Å². The SMILES string of the molecule is [2H]C([2H])([2H])Oc1cc2c(cc1OC([2H])([2H])[2H])[C@H]1N(CC2)C([2H])([2H])[C@]([2H])(C([2H])([2H])C([2H])(C)C([2H])([2H])[2H])[C@H](O)C1([2H])[2H]. The van der Waals surface area contributed by atoms with Crippen molar-refractivity contribution < 1.29 is 37.9 Å². The first-order valence-electron chi connectivity index (χ1n) is 15.5. The minimum atomic E-state index is -3.67. The van der Waals surface area contributed by atoms with Crippen molar-refractivity contribution >= 4 is 0 Å². The third kappa shape index (κ3) is 3.20. The molecule has 1 N–H and O–H groups in total. The number of aliphatic hydroxyl groups excluding tert-OH is 1. The molecule has 4 atom stereocenters. The summed E-state index contributed by atoms with van der Waals surface area (Å²) in [4.78, 5) is 0.728. The number of piperidine rings is 1. The Morgan fingerprint density at radius 1 is 1.52 bits per heavy atom. The van der Waals surface area contributed by atoms with E-state index in [9.17, 15) is 5.11 Å². The van der Waals surface area contributed by atoms with Gasteiger partial charge in [0.05, 0.1) is 28.4 Å². The van der Waals surface area contributed by atoms with Crippen LogP contribution in [0.3, 0.4) is 0 Å². The van der Waals surface area contributed by atoms with E-state index in [1.54, 1.807) is 0 Å². The summed E-state index contributed by atoms with van der Waals surface area (Å²) in [5.41, 5.74) is 0.0296. The summed E-state index contributed by atoms with van der Waals surface area (Å²) in [6.45, 7) is -6.49. The van der Waals surface area contributed by atoms with Gasteiger partial charge in [-0.25, -0.2) is 0 Å². The van der Waals surface area contributed by atoms with E-state index in [2.05, 4.69) is 0 Å². The zero-order chi connectivity index (χ0) is 31.3. The third-order valence-electron chi connectivity index (χ3n) is 3.83. The molecule has 4 nitrogen and oxygen atoms in total. The van der Waals surface area contributed by atoms with Crippen LogP contribution in [0.2, 0.25) is 0 Å². The number of ether oxygens (including phenoxy) is 2. The number of fused-ring (bicyclic) bond motifs is 3. The lowest BCUT2D eigenvalue weighted by Gasteiger charge is -2.46. The van der Waals surface area contributed by atoms with Crippen LogP contribution in [0.5, 0.6) is 11.5 Å². The largest absolute Gasteiger partial charge is 0.493 e. The second-order valence-electron chi connectivity index (χ2n) is 5.39. The molecule has 1 fully saturated rings. The van der Waals surface area contributed by atoms with Crippen molar-refractivity contribution in [1.82, 2.24) is 4.90 Å². The van der Waals surface area contributed by atoms with E-state index in [0.29, 0.717) is 6.92 Å². The van der Waals surface area contributed by atoms with Crippen LogP contribution < -0.4 is 9.47 Å². The standard InChI is InChI=1S/C19H29NO3/c1-12(2)7-14-11-20-6-5-13-8-18(22-3)19(23-4)9-15(13)16(20)10-17(14)21/h8-9,12,14,16-17,21H,5-7,10-11H2,1-4H3/t14-,16-,17+/m0/s1/i1D3,3D3,4D3,7D2,10D2,11D2,12D,14D/t12?,14-,16-,17+. The first-order valence-corrected chi connectivity index (χ1v) is 7.04. The number of rotatable bonds is 4. The Kier molecular flexibility index (Phi) is 1.64. The highest BCUT2D eigenvalue weighted by molar-refractivity contribution is 5.49. The highest BCUT2D eigenvalue weighted by Crippen LogP contribution is 2.43. The van der Waals surface area contributed by atoms with Gasteiger partial charge in [0.2, 0.25) is 0 Å². The van der Waals surface area contributed by atoms with E-state index in [1.807, 2.05) is 0 Å². The van der Waals surface area contributed by atoms with Crippen molar-refractivity contribution in [2.75, 3.05) is 27.1 Å². The van der Waals surface area contributed by atoms with Gasteiger partial charge in [0, 0.05) is 34.2 Å². The molecule has 128 valence electrons. The molecule has 1 aromatic carbocycles. The lowest BCUT2D eigenvalue weighted by molar-refractivity contribution is -0.0191. The van der Waals surface area contributed by atoms with E-state index in [0.717, 1.165) is 17.0 Å². The number of nitrogens with zero attached hydrogens (tertiary/aromatic N) is 1. The molecule has 0 bridgehead atoms. The maximum Gasteiger partial charge on any atom is 0.161 e. The Balaban J connectivity index is 2.27. The highest BCUT2D eigenvalue weighted by Gasteiger charge is 2.38. The number of aliphatic hydroxyl groups is 1. The summed E-state index contributed by atoms with van der Waals surface area (Å²) in [6, 6.07) is 0.222. The van der Waals surface area contributed by atoms with Crippen LogP contribution in [-0.4, -0.2) is 43.2 Å². The third-order valence-corrected chi connectivity index (χ3v) is 3.83. The Labute approximate surface area is 163 Å². The maximum absolute atomic E-state index is 11.2. The van der Waals surface area contributed by atoms with Gasteiger partial charge < -0.3 is 14.6 Å². The van der Waals surface area contributed by atoms with E-state index >= 15 is 0 Å². The Morgan fingerprint density at radius 3 is 3.04 bits per heavy atom. The molecule has 1 aromatic rings. The zero-order valence-electron chi connectivity index (χ0n) is 29.4. The van der Waals surface area contributed by atoms with Gasteiger partial charge in [-0.05, 0) is 54.2 Å². The van der Waals surface area contributed by atoms with E-state index in [-0.39, 0.29) is 17.5 Å². The van der Waals surface area contributed by atoms with Crippen LogP contribution >= 0.6 is 0 Å².